The molecule has 1 aromatic carbocycles. The highest BCUT2D eigenvalue weighted by Gasteiger charge is 2.08. The number of nitrogens with zero attached hydrogens (tertiary/aromatic N) is 2. The Bertz CT molecular complexity index is 821. The molecule has 2 aromatic rings. The predicted octanol–water partition coefficient (Wildman–Crippen LogP) is 8.96. The molecule has 5 heteroatoms. The van der Waals surface area contributed by atoms with Crippen LogP contribution in [0.5, 0.6) is 11.5 Å². The summed E-state index contributed by atoms with van der Waals surface area (Å²) >= 11 is 0. The molecule has 0 saturated heterocycles. The van der Waals surface area contributed by atoms with Crippen LogP contribution in [0.3, 0.4) is 0 Å². The van der Waals surface area contributed by atoms with Gasteiger partial charge in [-0.25, -0.2) is 9.97 Å². The van der Waals surface area contributed by atoms with Crippen molar-refractivity contribution in [2.24, 2.45) is 5.92 Å². The molecule has 1 heterocycles. The van der Waals surface area contributed by atoms with Crippen LogP contribution in [-0.2, 0) is 4.79 Å². The molecule has 0 bridgehead atoms. The molecule has 0 aliphatic heterocycles. The molecule has 0 spiro atoms. The van der Waals surface area contributed by atoms with Crippen molar-refractivity contribution in [3.05, 3.63) is 36.7 Å². The van der Waals surface area contributed by atoms with Crippen LogP contribution < -0.4 is 9.47 Å². The summed E-state index contributed by atoms with van der Waals surface area (Å²) in [5, 5.41) is 0. The number of ether oxygens (including phenoxy) is 2. The van der Waals surface area contributed by atoms with Crippen molar-refractivity contribution in [2.75, 3.05) is 6.61 Å². The molecule has 1 aromatic heterocycles. The molecule has 1 atom stereocenters. The lowest BCUT2D eigenvalue weighted by Gasteiger charge is -2.08. The topological polar surface area (TPSA) is 61.3 Å². The zero-order valence-corrected chi connectivity index (χ0v) is 23.0. The van der Waals surface area contributed by atoms with Crippen molar-refractivity contribution in [2.45, 2.75) is 117 Å². The standard InChI is InChI=1S/C31H48N2O3/c1-4-6-7-8-9-10-11-12-13-16-23-35-28-21-19-27(20-22-28)31-32-24-29(25-33-31)36-30(34)18-15-14-17-26(3)5-2/h19-22,24-26H,4-18,23H2,1-3H3. The highest BCUT2D eigenvalue weighted by molar-refractivity contribution is 5.72. The van der Waals surface area contributed by atoms with Gasteiger partial charge in [-0.15, -0.1) is 0 Å². The maximum atomic E-state index is 12.0. The van der Waals surface area contributed by atoms with Crippen molar-refractivity contribution in [1.29, 1.82) is 0 Å². The van der Waals surface area contributed by atoms with Gasteiger partial charge in [-0.3, -0.25) is 4.79 Å². The first-order valence-corrected chi connectivity index (χ1v) is 14.4. The summed E-state index contributed by atoms with van der Waals surface area (Å²) in [4.78, 5) is 20.8. The van der Waals surface area contributed by atoms with Gasteiger partial charge in [-0.1, -0.05) is 97.8 Å². The number of hydrogen-bond donors (Lipinski definition) is 0. The highest BCUT2D eigenvalue weighted by Crippen LogP contribution is 2.21. The molecule has 200 valence electrons. The van der Waals surface area contributed by atoms with E-state index in [-0.39, 0.29) is 5.97 Å². The van der Waals surface area contributed by atoms with Gasteiger partial charge < -0.3 is 9.47 Å². The maximum absolute atomic E-state index is 12.0. The van der Waals surface area contributed by atoms with Crippen molar-refractivity contribution in [3.8, 4) is 22.9 Å². The average Bonchev–Trinajstić information content (AvgIpc) is 2.90. The van der Waals surface area contributed by atoms with E-state index >= 15 is 0 Å². The van der Waals surface area contributed by atoms with Gasteiger partial charge in [0.1, 0.15) is 5.75 Å². The molecule has 0 N–H and O–H groups in total. The maximum Gasteiger partial charge on any atom is 0.311 e. The van der Waals surface area contributed by atoms with E-state index in [4.69, 9.17) is 9.47 Å². The number of unbranched alkanes of at least 4 members (excludes halogenated alkanes) is 10. The van der Waals surface area contributed by atoms with Gasteiger partial charge in [0.2, 0.25) is 0 Å². The van der Waals surface area contributed by atoms with Gasteiger partial charge in [0.25, 0.3) is 0 Å². The summed E-state index contributed by atoms with van der Waals surface area (Å²) in [5.41, 5.74) is 0.907. The number of hydrogen-bond acceptors (Lipinski definition) is 5. The Morgan fingerprint density at radius 2 is 1.39 bits per heavy atom. The minimum absolute atomic E-state index is 0.223. The second-order valence-electron chi connectivity index (χ2n) is 10.0. The number of rotatable bonds is 20. The lowest BCUT2D eigenvalue weighted by molar-refractivity contribution is -0.134. The summed E-state index contributed by atoms with van der Waals surface area (Å²) < 4.78 is 11.3. The first-order valence-electron chi connectivity index (χ1n) is 14.4. The van der Waals surface area contributed by atoms with E-state index < -0.39 is 0 Å². The number of carbonyl (C=O) groups excluding carboxylic acids is 1. The zero-order valence-electron chi connectivity index (χ0n) is 23.0. The van der Waals surface area contributed by atoms with Crippen molar-refractivity contribution >= 4 is 5.97 Å². The minimum Gasteiger partial charge on any atom is -0.494 e. The highest BCUT2D eigenvalue weighted by atomic mass is 16.5. The Balaban J connectivity index is 1.61. The fourth-order valence-electron chi connectivity index (χ4n) is 4.15. The van der Waals surface area contributed by atoms with E-state index in [1.807, 2.05) is 24.3 Å². The van der Waals surface area contributed by atoms with Crippen LogP contribution in [0.15, 0.2) is 36.7 Å². The first-order chi connectivity index (χ1) is 17.6. The molecular weight excluding hydrogens is 448 g/mol. The molecule has 2 rings (SSSR count). The smallest absolute Gasteiger partial charge is 0.311 e. The van der Waals surface area contributed by atoms with Gasteiger partial charge in [0.15, 0.2) is 11.6 Å². The number of carbonyl (C=O) groups is 1. The van der Waals surface area contributed by atoms with Gasteiger partial charge in [0, 0.05) is 12.0 Å². The van der Waals surface area contributed by atoms with Crippen LogP contribution in [0.2, 0.25) is 0 Å². The molecule has 0 fully saturated rings. The third-order valence-corrected chi connectivity index (χ3v) is 6.76. The van der Waals surface area contributed by atoms with Gasteiger partial charge >= 0.3 is 5.97 Å². The van der Waals surface area contributed by atoms with Gasteiger partial charge in [-0.2, -0.15) is 0 Å². The van der Waals surface area contributed by atoms with Crippen molar-refractivity contribution < 1.29 is 14.3 Å². The van der Waals surface area contributed by atoms with Crippen LogP contribution >= 0.6 is 0 Å². The third-order valence-electron chi connectivity index (χ3n) is 6.76. The molecule has 0 saturated carbocycles. The summed E-state index contributed by atoms with van der Waals surface area (Å²) in [5.74, 6) is 2.35. The first kappa shape index (κ1) is 29.8. The van der Waals surface area contributed by atoms with Crippen molar-refractivity contribution in [3.63, 3.8) is 0 Å². The Morgan fingerprint density at radius 3 is 2.00 bits per heavy atom. The molecule has 0 aliphatic rings. The Labute approximate surface area is 219 Å². The molecule has 0 aliphatic carbocycles. The minimum atomic E-state index is -0.223. The summed E-state index contributed by atoms with van der Waals surface area (Å²) in [7, 11) is 0. The normalized spacial score (nSPS) is 11.9. The van der Waals surface area contributed by atoms with E-state index in [0.29, 0.717) is 23.9 Å². The quantitative estimate of drug-likeness (QED) is 0.135. The average molecular weight is 497 g/mol. The zero-order chi connectivity index (χ0) is 25.8. The molecule has 1 unspecified atom stereocenters. The predicted molar refractivity (Wildman–Crippen MR) is 148 cm³/mol. The van der Waals surface area contributed by atoms with Crippen LogP contribution in [0.4, 0.5) is 0 Å². The molecule has 0 radical (unpaired) electrons. The molecule has 36 heavy (non-hydrogen) atoms. The monoisotopic (exact) mass is 496 g/mol. The van der Waals surface area contributed by atoms with Crippen LogP contribution in [-0.4, -0.2) is 22.5 Å². The van der Waals surface area contributed by atoms with E-state index in [9.17, 15) is 4.79 Å². The fourth-order valence-corrected chi connectivity index (χ4v) is 4.15. The van der Waals surface area contributed by atoms with Gasteiger partial charge in [-0.05, 0) is 43.0 Å². The lowest BCUT2D eigenvalue weighted by atomic mass is 10.0. The fraction of sp³-hybridized carbons (Fsp3) is 0.645. The van der Waals surface area contributed by atoms with E-state index in [1.165, 1.54) is 64.2 Å². The van der Waals surface area contributed by atoms with Crippen LogP contribution in [0.25, 0.3) is 11.4 Å². The number of esters is 1. The van der Waals surface area contributed by atoms with E-state index in [1.54, 1.807) is 12.4 Å². The Morgan fingerprint density at radius 1 is 0.778 bits per heavy atom. The summed E-state index contributed by atoms with van der Waals surface area (Å²) in [6, 6.07) is 7.85. The third kappa shape index (κ3) is 13.0. The molecule has 0 amide bonds. The van der Waals surface area contributed by atoms with Crippen LogP contribution in [0, 0.1) is 5.92 Å². The lowest BCUT2D eigenvalue weighted by Crippen LogP contribution is -2.08. The Hall–Kier alpha value is -2.43. The van der Waals surface area contributed by atoms with Crippen LogP contribution in [0.1, 0.15) is 117 Å². The molecule has 5 nitrogen and oxygen atoms in total. The second kappa shape index (κ2) is 18.8. The summed E-state index contributed by atoms with van der Waals surface area (Å²) in [6.45, 7) is 7.47. The van der Waals surface area contributed by atoms with Gasteiger partial charge in [0.05, 0.1) is 19.0 Å². The van der Waals surface area contributed by atoms with Crippen molar-refractivity contribution in [1.82, 2.24) is 9.97 Å². The largest absolute Gasteiger partial charge is 0.494 e. The number of benzene rings is 1. The second-order valence-corrected chi connectivity index (χ2v) is 10.0. The SMILES string of the molecule is CCCCCCCCCCCCOc1ccc(-c2ncc(OC(=O)CCCCC(C)CC)cn2)cc1. The molecular formula is C31H48N2O3. The Kier molecular flexibility index (Phi) is 15.5. The number of aromatic nitrogens is 2. The van der Waals surface area contributed by atoms with E-state index in [0.717, 1.165) is 43.6 Å². The summed E-state index contributed by atoms with van der Waals surface area (Å²) in [6.07, 6.45) is 21.0. The van der Waals surface area contributed by atoms with E-state index in [2.05, 4.69) is 30.7 Å².